The summed E-state index contributed by atoms with van der Waals surface area (Å²) in [7, 11) is 1.25. The van der Waals surface area contributed by atoms with Crippen molar-refractivity contribution in [3.63, 3.8) is 0 Å². The van der Waals surface area contributed by atoms with Crippen molar-refractivity contribution in [2.75, 3.05) is 7.11 Å². The smallest absolute Gasteiger partial charge is 0.411 e. The molecule has 5 nitrogen and oxygen atoms in total. The van der Waals surface area contributed by atoms with E-state index in [1.54, 1.807) is 20.8 Å². The molecule has 1 N–H and O–H groups in total. The van der Waals surface area contributed by atoms with Crippen LogP contribution in [0.3, 0.4) is 0 Å². The molecular weight excluding hydrogens is 186 g/mol. The van der Waals surface area contributed by atoms with E-state index in [0.29, 0.717) is 0 Å². The third-order valence-electron chi connectivity index (χ3n) is 1.02. The fourth-order valence-corrected chi connectivity index (χ4v) is 0.553. The molecule has 0 bridgehead atoms. The number of esters is 1. The van der Waals surface area contributed by atoms with Crippen molar-refractivity contribution in [2.24, 2.45) is 0 Å². The number of amides is 1. The highest BCUT2D eigenvalue weighted by Gasteiger charge is 2.14. The maximum atomic E-state index is 11.0. The Bertz CT molecular complexity index is 240. The van der Waals surface area contributed by atoms with Gasteiger partial charge in [0.1, 0.15) is 5.60 Å². The molecule has 5 heteroatoms. The van der Waals surface area contributed by atoms with Gasteiger partial charge in [0.2, 0.25) is 0 Å². The fourth-order valence-electron chi connectivity index (χ4n) is 0.553. The van der Waals surface area contributed by atoms with Gasteiger partial charge in [0, 0.05) is 12.3 Å². The Kier molecular flexibility index (Phi) is 4.69. The summed E-state index contributed by atoms with van der Waals surface area (Å²) in [5, 5.41) is 2.26. The quantitative estimate of drug-likeness (QED) is 0.538. The van der Waals surface area contributed by atoms with Crippen LogP contribution in [0.2, 0.25) is 0 Å². The molecule has 0 aromatic carbocycles. The third-order valence-corrected chi connectivity index (χ3v) is 1.02. The lowest BCUT2D eigenvalue weighted by Gasteiger charge is -2.18. The lowest BCUT2D eigenvalue weighted by atomic mass is 10.2. The molecular formula is C9H15NO4. The second-order valence-corrected chi connectivity index (χ2v) is 3.50. The van der Waals surface area contributed by atoms with Crippen molar-refractivity contribution in [1.29, 1.82) is 0 Å². The van der Waals surface area contributed by atoms with Crippen LogP contribution in [-0.2, 0) is 14.3 Å². The predicted octanol–water partition coefficient (Wildman–Crippen LogP) is 1.20. The molecule has 0 aliphatic heterocycles. The number of methoxy groups -OCH3 is 1. The van der Waals surface area contributed by atoms with E-state index in [1.165, 1.54) is 13.3 Å². The molecule has 0 saturated heterocycles. The van der Waals surface area contributed by atoms with E-state index in [9.17, 15) is 9.59 Å². The number of carbonyl (C=O) groups excluding carboxylic acids is 2. The van der Waals surface area contributed by atoms with E-state index in [0.717, 1.165) is 6.08 Å². The zero-order valence-corrected chi connectivity index (χ0v) is 8.79. The number of hydrogen-bond donors (Lipinski definition) is 1. The average molecular weight is 201 g/mol. The van der Waals surface area contributed by atoms with E-state index >= 15 is 0 Å². The van der Waals surface area contributed by atoms with Gasteiger partial charge in [0.25, 0.3) is 0 Å². The molecule has 0 unspecified atom stereocenters. The van der Waals surface area contributed by atoms with Gasteiger partial charge in [-0.1, -0.05) is 0 Å². The maximum Gasteiger partial charge on any atom is 0.411 e. The Labute approximate surface area is 83.1 Å². The zero-order valence-electron chi connectivity index (χ0n) is 8.79. The van der Waals surface area contributed by atoms with Gasteiger partial charge in [0.05, 0.1) is 7.11 Å². The molecule has 14 heavy (non-hydrogen) atoms. The van der Waals surface area contributed by atoms with E-state index in [2.05, 4.69) is 10.1 Å². The average Bonchev–Trinajstić information content (AvgIpc) is 2.00. The molecule has 0 aromatic heterocycles. The summed E-state index contributed by atoms with van der Waals surface area (Å²) in [6, 6.07) is 0. The van der Waals surface area contributed by atoms with E-state index < -0.39 is 17.7 Å². The van der Waals surface area contributed by atoms with Gasteiger partial charge >= 0.3 is 12.1 Å². The summed E-state index contributed by atoms with van der Waals surface area (Å²) in [6.45, 7) is 5.24. The van der Waals surface area contributed by atoms with Crippen LogP contribution in [0, 0.1) is 0 Å². The first kappa shape index (κ1) is 12.5. The Morgan fingerprint density at radius 1 is 1.29 bits per heavy atom. The third kappa shape index (κ3) is 7.15. The first-order chi connectivity index (χ1) is 6.35. The van der Waals surface area contributed by atoms with Crippen molar-refractivity contribution in [1.82, 2.24) is 5.32 Å². The van der Waals surface area contributed by atoms with Crippen molar-refractivity contribution in [2.45, 2.75) is 26.4 Å². The lowest BCUT2D eigenvalue weighted by molar-refractivity contribution is -0.134. The van der Waals surface area contributed by atoms with Crippen LogP contribution in [0.5, 0.6) is 0 Å². The predicted molar refractivity (Wildman–Crippen MR) is 50.5 cm³/mol. The number of carbonyl (C=O) groups is 2. The first-order valence-corrected chi connectivity index (χ1v) is 4.09. The summed E-state index contributed by atoms with van der Waals surface area (Å²) in [5.74, 6) is -0.541. The molecule has 0 aliphatic carbocycles. The minimum Gasteiger partial charge on any atom is -0.466 e. The molecule has 0 rings (SSSR count). The SMILES string of the molecule is COC(=O)/C=C\NC(=O)OC(C)(C)C. The van der Waals surface area contributed by atoms with Crippen LogP contribution in [0.25, 0.3) is 0 Å². The van der Waals surface area contributed by atoms with Crippen molar-refractivity contribution < 1.29 is 19.1 Å². The van der Waals surface area contributed by atoms with Crippen LogP contribution >= 0.6 is 0 Å². The van der Waals surface area contributed by atoms with E-state index in [4.69, 9.17) is 4.74 Å². The molecule has 0 heterocycles. The minimum absolute atomic E-state index is 0.541. The molecule has 0 aromatic rings. The highest BCUT2D eigenvalue weighted by Crippen LogP contribution is 2.06. The topological polar surface area (TPSA) is 64.6 Å². The standard InChI is InChI=1S/C9H15NO4/c1-9(2,3)14-8(12)10-6-5-7(11)13-4/h5-6H,1-4H3,(H,10,12)/b6-5-. The molecule has 0 fully saturated rings. The monoisotopic (exact) mass is 201 g/mol. The largest absolute Gasteiger partial charge is 0.466 e. The summed E-state index contributed by atoms with van der Waals surface area (Å²) >= 11 is 0. The Hall–Kier alpha value is -1.52. The summed E-state index contributed by atoms with van der Waals surface area (Å²) < 4.78 is 9.21. The fraction of sp³-hybridized carbons (Fsp3) is 0.556. The number of rotatable bonds is 2. The van der Waals surface area contributed by atoms with Crippen molar-refractivity contribution >= 4 is 12.1 Å². The van der Waals surface area contributed by atoms with Crippen LogP contribution in [0.15, 0.2) is 12.3 Å². The van der Waals surface area contributed by atoms with Crippen LogP contribution in [0.4, 0.5) is 4.79 Å². The van der Waals surface area contributed by atoms with Crippen LogP contribution < -0.4 is 5.32 Å². The van der Waals surface area contributed by atoms with Gasteiger partial charge in [0.15, 0.2) is 0 Å². The van der Waals surface area contributed by atoms with E-state index in [-0.39, 0.29) is 0 Å². The van der Waals surface area contributed by atoms with Crippen molar-refractivity contribution in [3.8, 4) is 0 Å². The van der Waals surface area contributed by atoms with Crippen molar-refractivity contribution in [3.05, 3.63) is 12.3 Å². The van der Waals surface area contributed by atoms with Crippen LogP contribution in [-0.4, -0.2) is 24.8 Å². The minimum atomic E-state index is -0.613. The molecule has 80 valence electrons. The second-order valence-electron chi connectivity index (χ2n) is 3.50. The Balaban J connectivity index is 3.86. The molecule has 0 saturated carbocycles. The number of nitrogens with one attached hydrogen (secondary N) is 1. The molecule has 0 spiro atoms. The first-order valence-electron chi connectivity index (χ1n) is 4.09. The highest BCUT2D eigenvalue weighted by molar-refractivity contribution is 5.82. The van der Waals surface area contributed by atoms with Gasteiger partial charge in [-0.15, -0.1) is 0 Å². The maximum absolute atomic E-state index is 11.0. The highest BCUT2D eigenvalue weighted by atomic mass is 16.6. The molecule has 1 amide bonds. The van der Waals surface area contributed by atoms with Gasteiger partial charge in [-0.3, -0.25) is 5.32 Å². The Morgan fingerprint density at radius 3 is 2.29 bits per heavy atom. The normalized spacial score (nSPS) is 11.1. The molecule has 0 atom stereocenters. The Morgan fingerprint density at radius 2 is 1.86 bits per heavy atom. The number of ether oxygens (including phenoxy) is 2. The summed E-state index contributed by atoms with van der Waals surface area (Å²) in [6.07, 6.45) is 1.64. The van der Waals surface area contributed by atoms with Crippen LogP contribution in [0.1, 0.15) is 20.8 Å². The number of alkyl carbamates (subject to hydrolysis) is 1. The number of hydrogen-bond acceptors (Lipinski definition) is 4. The van der Waals surface area contributed by atoms with Gasteiger partial charge in [-0.25, -0.2) is 9.59 Å². The molecule has 0 radical (unpaired) electrons. The second kappa shape index (κ2) is 5.26. The van der Waals surface area contributed by atoms with Gasteiger partial charge in [-0.2, -0.15) is 0 Å². The summed E-state index contributed by atoms with van der Waals surface area (Å²) in [4.78, 5) is 21.6. The lowest BCUT2D eigenvalue weighted by Crippen LogP contribution is -2.29. The van der Waals surface area contributed by atoms with Gasteiger partial charge < -0.3 is 9.47 Å². The van der Waals surface area contributed by atoms with E-state index in [1.807, 2.05) is 0 Å². The zero-order chi connectivity index (χ0) is 11.2. The summed E-state index contributed by atoms with van der Waals surface area (Å²) in [5.41, 5.74) is -0.552. The molecule has 0 aliphatic rings. The van der Waals surface area contributed by atoms with Gasteiger partial charge in [-0.05, 0) is 20.8 Å².